The molecule has 3 aromatic rings. The minimum atomic E-state index is 0.0699. The first-order valence-corrected chi connectivity index (χ1v) is 10.1. The second-order valence-corrected chi connectivity index (χ2v) is 7.64. The quantitative estimate of drug-likeness (QED) is 0.697. The van der Waals surface area contributed by atoms with Crippen molar-refractivity contribution < 1.29 is 9.32 Å². The summed E-state index contributed by atoms with van der Waals surface area (Å²) in [7, 11) is 0. The van der Waals surface area contributed by atoms with Crippen LogP contribution in [0.15, 0.2) is 59.1 Å². The molecule has 1 amide bonds. The molecule has 0 bridgehead atoms. The Morgan fingerprint density at radius 2 is 1.93 bits per heavy atom. The van der Waals surface area contributed by atoms with Crippen molar-refractivity contribution in [3.05, 3.63) is 71.6 Å². The van der Waals surface area contributed by atoms with Crippen LogP contribution in [0.1, 0.15) is 29.9 Å². The summed E-state index contributed by atoms with van der Waals surface area (Å²) in [4.78, 5) is 19.3. The Balaban J connectivity index is 1.25. The standard InChI is InChI=1S/C23H26N4O2/c1-17-6-5-9-20(14-17)22-25-21(29-26-22)16-27-12-10-19(11-13-27)23(28)24-15-18-7-3-2-4-8-18/h2-9,14,19H,10-13,15-16H2,1H3,(H,24,28). The first kappa shape index (κ1) is 19.3. The molecule has 1 fully saturated rings. The Labute approximate surface area is 170 Å². The Morgan fingerprint density at radius 3 is 2.69 bits per heavy atom. The Bertz CT molecular complexity index is 946. The molecule has 2 aromatic carbocycles. The Kier molecular flexibility index (Phi) is 6.00. The van der Waals surface area contributed by atoms with E-state index >= 15 is 0 Å². The molecular weight excluding hydrogens is 364 g/mol. The summed E-state index contributed by atoms with van der Waals surface area (Å²) in [5, 5.41) is 7.17. The highest BCUT2D eigenvalue weighted by molar-refractivity contribution is 5.78. The van der Waals surface area contributed by atoms with E-state index < -0.39 is 0 Å². The van der Waals surface area contributed by atoms with Crippen LogP contribution in [0, 0.1) is 12.8 Å². The summed E-state index contributed by atoms with van der Waals surface area (Å²) < 4.78 is 5.44. The summed E-state index contributed by atoms with van der Waals surface area (Å²) in [6.07, 6.45) is 1.69. The molecule has 0 saturated carbocycles. The van der Waals surface area contributed by atoms with Crippen molar-refractivity contribution >= 4 is 5.91 Å². The summed E-state index contributed by atoms with van der Waals surface area (Å²) in [6.45, 7) is 4.96. The number of benzene rings is 2. The van der Waals surface area contributed by atoms with Gasteiger partial charge in [0.15, 0.2) is 0 Å². The number of piperidine rings is 1. The zero-order valence-electron chi connectivity index (χ0n) is 16.7. The topological polar surface area (TPSA) is 71.3 Å². The number of nitrogens with zero attached hydrogens (tertiary/aromatic N) is 3. The molecule has 2 heterocycles. The number of nitrogens with one attached hydrogen (secondary N) is 1. The average Bonchev–Trinajstić information content (AvgIpc) is 3.22. The number of amides is 1. The van der Waals surface area contributed by atoms with Crippen LogP contribution in [0.5, 0.6) is 0 Å². The molecule has 29 heavy (non-hydrogen) atoms. The second-order valence-electron chi connectivity index (χ2n) is 7.64. The van der Waals surface area contributed by atoms with Crippen LogP contribution in [0.2, 0.25) is 0 Å². The van der Waals surface area contributed by atoms with Crippen LogP contribution in [0.3, 0.4) is 0 Å². The van der Waals surface area contributed by atoms with Crippen LogP contribution < -0.4 is 5.32 Å². The van der Waals surface area contributed by atoms with Crippen molar-refractivity contribution in [1.82, 2.24) is 20.4 Å². The Morgan fingerprint density at radius 1 is 1.14 bits per heavy atom. The molecular formula is C23H26N4O2. The summed E-state index contributed by atoms with van der Waals surface area (Å²) >= 11 is 0. The van der Waals surface area contributed by atoms with Crippen molar-refractivity contribution in [2.24, 2.45) is 5.92 Å². The maximum Gasteiger partial charge on any atom is 0.241 e. The fraction of sp³-hybridized carbons (Fsp3) is 0.348. The van der Waals surface area contributed by atoms with Gasteiger partial charge in [-0.05, 0) is 44.5 Å². The lowest BCUT2D eigenvalue weighted by Gasteiger charge is -2.30. The van der Waals surface area contributed by atoms with E-state index in [1.807, 2.05) is 61.5 Å². The molecule has 1 N–H and O–H groups in total. The number of aromatic nitrogens is 2. The highest BCUT2D eigenvalue weighted by Gasteiger charge is 2.25. The molecule has 1 aliphatic heterocycles. The smallest absolute Gasteiger partial charge is 0.241 e. The van der Waals surface area contributed by atoms with Gasteiger partial charge >= 0.3 is 0 Å². The number of likely N-dealkylation sites (tertiary alicyclic amines) is 1. The van der Waals surface area contributed by atoms with Gasteiger partial charge in [-0.2, -0.15) is 4.98 Å². The first-order valence-electron chi connectivity index (χ1n) is 10.1. The summed E-state index contributed by atoms with van der Waals surface area (Å²) in [5.41, 5.74) is 3.26. The normalized spacial score (nSPS) is 15.3. The Hall–Kier alpha value is -2.99. The van der Waals surface area contributed by atoms with Gasteiger partial charge in [0.25, 0.3) is 0 Å². The monoisotopic (exact) mass is 390 g/mol. The van der Waals surface area contributed by atoms with Crippen LogP contribution in [-0.2, 0) is 17.9 Å². The van der Waals surface area contributed by atoms with E-state index in [0.29, 0.717) is 24.8 Å². The predicted molar refractivity (Wildman–Crippen MR) is 111 cm³/mol. The van der Waals surface area contributed by atoms with Crippen LogP contribution >= 0.6 is 0 Å². The van der Waals surface area contributed by atoms with Gasteiger partial charge in [-0.3, -0.25) is 9.69 Å². The van der Waals surface area contributed by atoms with Gasteiger partial charge in [0.05, 0.1) is 6.54 Å². The predicted octanol–water partition coefficient (Wildman–Crippen LogP) is 3.57. The fourth-order valence-electron chi connectivity index (χ4n) is 3.69. The molecule has 0 unspecified atom stereocenters. The van der Waals surface area contributed by atoms with Gasteiger partial charge in [0, 0.05) is 18.0 Å². The van der Waals surface area contributed by atoms with Crippen molar-refractivity contribution in [3.63, 3.8) is 0 Å². The van der Waals surface area contributed by atoms with Crippen LogP contribution in [0.25, 0.3) is 11.4 Å². The molecule has 0 atom stereocenters. The van der Waals surface area contributed by atoms with E-state index in [1.165, 1.54) is 5.56 Å². The van der Waals surface area contributed by atoms with Crippen molar-refractivity contribution in [1.29, 1.82) is 0 Å². The van der Waals surface area contributed by atoms with E-state index in [0.717, 1.165) is 37.1 Å². The van der Waals surface area contributed by atoms with Gasteiger partial charge in [-0.15, -0.1) is 0 Å². The van der Waals surface area contributed by atoms with Crippen LogP contribution in [0.4, 0.5) is 0 Å². The molecule has 1 aliphatic rings. The highest BCUT2D eigenvalue weighted by Crippen LogP contribution is 2.21. The maximum absolute atomic E-state index is 12.5. The van der Waals surface area contributed by atoms with E-state index in [4.69, 9.17) is 4.52 Å². The number of aryl methyl sites for hydroxylation is 1. The van der Waals surface area contributed by atoms with Gasteiger partial charge < -0.3 is 9.84 Å². The van der Waals surface area contributed by atoms with Gasteiger partial charge in [0.1, 0.15) is 0 Å². The molecule has 4 rings (SSSR count). The van der Waals surface area contributed by atoms with E-state index in [2.05, 4.69) is 20.4 Å². The third kappa shape index (κ3) is 5.09. The average molecular weight is 390 g/mol. The van der Waals surface area contributed by atoms with Crippen LogP contribution in [-0.4, -0.2) is 34.0 Å². The second kappa shape index (κ2) is 9.01. The maximum atomic E-state index is 12.5. The lowest BCUT2D eigenvalue weighted by Crippen LogP contribution is -2.40. The van der Waals surface area contributed by atoms with E-state index in [1.54, 1.807) is 0 Å². The van der Waals surface area contributed by atoms with Crippen molar-refractivity contribution in [3.8, 4) is 11.4 Å². The lowest BCUT2D eigenvalue weighted by molar-refractivity contribution is -0.126. The van der Waals surface area contributed by atoms with Crippen molar-refractivity contribution in [2.75, 3.05) is 13.1 Å². The fourth-order valence-corrected chi connectivity index (χ4v) is 3.69. The summed E-state index contributed by atoms with van der Waals surface area (Å²) in [6, 6.07) is 18.1. The van der Waals surface area contributed by atoms with E-state index in [9.17, 15) is 4.79 Å². The molecule has 6 heteroatoms. The minimum absolute atomic E-state index is 0.0699. The van der Waals surface area contributed by atoms with E-state index in [-0.39, 0.29) is 11.8 Å². The molecule has 6 nitrogen and oxygen atoms in total. The number of rotatable bonds is 6. The molecule has 0 radical (unpaired) electrons. The third-order valence-electron chi connectivity index (χ3n) is 5.37. The minimum Gasteiger partial charge on any atom is -0.352 e. The molecule has 1 aromatic heterocycles. The lowest BCUT2D eigenvalue weighted by atomic mass is 9.96. The van der Waals surface area contributed by atoms with Gasteiger partial charge in [0.2, 0.25) is 17.6 Å². The SMILES string of the molecule is Cc1cccc(-c2noc(CN3CCC(C(=O)NCc4ccccc4)CC3)n2)c1. The highest BCUT2D eigenvalue weighted by atomic mass is 16.5. The number of hydrogen-bond acceptors (Lipinski definition) is 5. The summed E-state index contributed by atoms with van der Waals surface area (Å²) in [5.74, 6) is 1.46. The molecule has 0 aliphatic carbocycles. The number of hydrogen-bond donors (Lipinski definition) is 1. The largest absolute Gasteiger partial charge is 0.352 e. The third-order valence-corrected chi connectivity index (χ3v) is 5.37. The number of carbonyl (C=O) groups excluding carboxylic acids is 1. The zero-order chi connectivity index (χ0) is 20.1. The number of carbonyl (C=O) groups is 1. The molecule has 0 spiro atoms. The van der Waals surface area contributed by atoms with Crippen molar-refractivity contribution in [2.45, 2.75) is 32.9 Å². The van der Waals surface area contributed by atoms with Gasteiger partial charge in [-0.25, -0.2) is 0 Å². The first-order chi connectivity index (χ1) is 14.2. The molecule has 150 valence electrons. The molecule has 1 saturated heterocycles. The zero-order valence-corrected chi connectivity index (χ0v) is 16.7. The van der Waals surface area contributed by atoms with Gasteiger partial charge in [-0.1, -0.05) is 59.3 Å².